The molecule has 2 heterocycles. The Labute approximate surface area is 259 Å². The lowest BCUT2D eigenvalue weighted by atomic mass is 9.48. The Hall–Kier alpha value is -4.30. The molecule has 2 bridgehead atoms. The van der Waals surface area contributed by atoms with Gasteiger partial charge in [0.1, 0.15) is 11.7 Å². The third-order valence-electron chi connectivity index (χ3n) is 9.77. The minimum Gasteiger partial charge on any atom is -0.483 e. The van der Waals surface area contributed by atoms with E-state index in [1.54, 1.807) is 13.1 Å². The first kappa shape index (κ1) is 30.7. The summed E-state index contributed by atoms with van der Waals surface area (Å²) in [4.78, 5) is 42.1. The van der Waals surface area contributed by atoms with Crippen molar-refractivity contribution in [3.8, 4) is 23.3 Å². The highest BCUT2D eigenvalue weighted by atomic mass is 19.4. The molecule has 1 amide bonds. The van der Waals surface area contributed by atoms with Crippen LogP contribution in [0.3, 0.4) is 0 Å². The molecule has 0 N–H and O–H groups in total. The Morgan fingerprint density at radius 3 is 2.51 bits per heavy atom. The van der Waals surface area contributed by atoms with Crippen LogP contribution in [0.25, 0.3) is 0 Å². The molecular formula is C34H33F3N2O6. The van der Waals surface area contributed by atoms with Crippen molar-refractivity contribution >= 4 is 17.8 Å². The van der Waals surface area contributed by atoms with Crippen LogP contribution in [0.2, 0.25) is 0 Å². The molecule has 8 nitrogen and oxygen atoms in total. The largest absolute Gasteiger partial charge is 0.483 e. The van der Waals surface area contributed by atoms with E-state index >= 15 is 0 Å². The molecule has 0 aromatic heterocycles. The lowest BCUT2D eigenvalue weighted by Gasteiger charge is -2.65. The zero-order chi connectivity index (χ0) is 32.3. The van der Waals surface area contributed by atoms with Crippen molar-refractivity contribution in [2.75, 3.05) is 20.1 Å². The van der Waals surface area contributed by atoms with Gasteiger partial charge in [-0.1, -0.05) is 18.1 Å². The zero-order valence-electron chi connectivity index (χ0n) is 25.2. The molecule has 2 fully saturated rings. The van der Waals surface area contributed by atoms with Crippen LogP contribution in [0.4, 0.5) is 13.2 Å². The maximum Gasteiger partial charge on any atom is 0.416 e. The van der Waals surface area contributed by atoms with E-state index in [0.29, 0.717) is 44.5 Å². The zero-order valence-corrected chi connectivity index (χ0v) is 25.2. The van der Waals surface area contributed by atoms with Crippen LogP contribution >= 0.6 is 0 Å². The number of hydrogen-bond acceptors (Lipinski definition) is 7. The Morgan fingerprint density at radius 1 is 1.13 bits per heavy atom. The number of esters is 2. The first-order valence-electron chi connectivity index (χ1n) is 14.8. The SMILES string of the molecule is C=CCN1CC[C@]23c4c5ccc(OC(C)=O)c4O[C@H]2[C@H](N(C)C(=O)C#Cc2ccc(C(F)(F)F)cc2)CC[C@@]3(OC(C)=O)[C@H]1C5. The Bertz CT molecular complexity index is 1640. The highest BCUT2D eigenvalue weighted by molar-refractivity contribution is 5.94. The number of hydrogen-bond donors (Lipinski definition) is 0. The minimum atomic E-state index is -4.47. The van der Waals surface area contributed by atoms with Crippen molar-refractivity contribution in [3.63, 3.8) is 0 Å². The van der Waals surface area contributed by atoms with Crippen molar-refractivity contribution in [1.29, 1.82) is 0 Å². The summed E-state index contributed by atoms with van der Waals surface area (Å²) in [7, 11) is 1.62. The van der Waals surface area contributed by atoms with Gasteiger partial charge in [-0.3, -0.25) is 19.3 Å². The van der Waals surface area contributed by atoms with Gasteiger partial charge in [0.25, 0.3) is 5.91 Å². The lowest BCUT2D eigenvalue weighted by Crippen LogP contribution is -2.79. The van der Waals surface area contributed by atoms with Crippen LogP contribution in [0, 0.1) is 11.8 Å². The molecule has 0 radical (unpaired) electrons. The first-order chi connectivity index (χ1) is 21.3. The van der Waals surface area contributed by atoms with E-state index in [4.69, 9.17) is 14.2 Å². The first-order valence-corrected chi connectivity index (χ1v) is 14.8. The summed E-state index contributed by atoms with van der Waals surface area (Å²) < 4.78 is 57.7. The molecule has 1 saturated carbocycles. The number of amides is 1. The quantitative estimate of drug-likeness (QED) is 0.211. The van der Waals surface area contributed by atoms with E-state index in [1.165, 1.54) is 30.9 Å². The molecule has 2 aromatic carbocycles. The second kappa shape index (κ2) is 10.9. The van der Waals surface area contributed by atoms with Gasteiger partial charge in [-0.2, -0.15) is 13.2 Å². The summed E-state index contributed by atoms with van der Waals surface area (Å²) in [6.45, 7) is 7.90. The van der Waals surface area contributed by atoms with Crippen LogP contribution < -0.4 is 9.47 Å². The summed E-state index contributed by atoms with van der Waals surface area (Å²) in [6, 6.07) is 7.27. The van der Waals surface area contributed by atoms with Gasteiger partial charge >= 0.3 is 18.1 Å². The van der Waals surface area contributed by atoms with E-state index in [9.17, 15) is 27.6 Å². The second-order valence-corrected chi connectivity index (χ2v) is 12.1. The monoisotopic (exact) mass is 622 g/mol. The summed E-state index contributed by atoms with van der Waals surface area (Å²) in [5, 5.41) is 0. The van der Waals surface area contributed by atoms with E-state index in [-0.39, 0.29) is 17.4 Å². The molecule has 5 atom stereocenters. The summed E-state index contributed by atoms with van der Waals surface area (Å²) in [5.41, 5.74) is -0.511. The van der Waals surface area contributed by atoms with Gasteiger partial charge in [-0.05, 0) is 61.6 Å². The average Bonchev–Trinajstić information content (AvgIpc) is 3.33. The molecule has 236 valence electrons. The number of alkyl halides is 3. The number of benzene rings is 2. The highest BCUT2D eigenvalue weighted by Crippen LogP contribution is 2.67. The van der Waals surface area contributed by atoms with Crippen LogP contribution in [-0.4, -0.2) is 71.6 Å². The van der Waals surface area contributed by atoms with Gasteiger partial charge < -0.3 is 19.1 Å². The third-order valence-corrected chi connectivity index (χ3v) is 9.77. The molecule has 11 heteroatoms. The van der Waals surface area contributed by atoms with Gasteiger partial charge in [-0.25, -0.2) is 0 Å². The van der Waals surface area contributed by atoms with E-state index < -0.39 is 52.7 Å². The lowest BCUT2D eigenvalue weighted by molar-refractivity contribution is -0.222. The van der Waals surface area contributed by atoms with Gasteiger partial charge in [0.2, 0.25) is 0 Å². The molecule has 4 aliphatic rings. The van der Waals surface area contributed by atoms with Crippen molar-refractivity contribution in [2.45, 2.75) is 74.9 Å². The molecule has 2 aliphatic heterocycles. The second-order valence-electron chi connectivity index (χ2n) is 12.1. The smallest absolute Gasteiger partial charge is 0.416 e. The fourth-order valence-corrected chi connectivity index (χ4v) is 8.15. The fourth-order valence-electron chi connectivity index (χ4n) is 8.15. The normalized spacial score (nSPS) is 27.6. The predicted octanol–water partition coefficient (Wildman–Crippen LogP) is 4.42. The van der Waals surface area contributed by atoms with Gasteiger partial charge in [0.05, 0.1) is 23.1 Å². The van der Waals surface area contributed by atoms with Gasteiger partial charge in [-0.15, -0.1) is 6.58 Å². The number of rotatable bonds is 5. The topological polar surface area (TPSA) is 85.4 Å². The minimum absolute atomic E-state index is 0.182. The van der Waals surface area contributed by atoms with Crippen LogP contribution in [0.15, 0.2) is 49.1 Å². The highest BCUT2D eigenvalue weighted by Gasteiger charge is 2.75. The number of carbonyl (C=O) groups is 3. The number of likely N-dealkylation sites (N-methyl/N-ethyl adjacent to an activating group) is 1. The third kappa shape index (κ3) is 4.78. The van der Waals surface area contributed by atoms with Crippen molar-refractivity contribution in [2.24, 2.45) is 0 Å². The Balaban J connectivity index is 1.41. The number of ether oxygens (including phenoxy) is 3. The summed E-state index contributed by atoms with van der Waals surface area (Å²) in [6.07, 6.45) is -1.30. The van der Waals surface area contributed by atoms with Crippen molar-refractivity contribution in [1.82, 2.24) is 9.80 Å². The summed E-state index contributed by atoms with van der Waals surface area (Å²) in [5.74, 6) is 4.48. The standard InChI is InChI=1S/C34H33F3N2O6/c1-5-17-39-18-16-32-29-23-9-12-26(43-20(2)40)30(29)44-31(32)25(14-15-33(32,27(39)19-23)45-21(3)41)38(4)28(42)13-8-22-6-10-24(11-7-22)34(35,36)37/h5-7,9-12,25,27,31H,1,14-19H2,2-4H3/t25-,27-,31+,32+,33-/m1/s1. The molecular weight excluding hydrogens is 589 g/mol. The number of likely N-dealkylation sites (tertiary alicyclic amines) is 1. The fraction of sp³-hybridized carbons (Fsp3) is 0.441. The van der Waals surface area contributed by atoms with Gasteiger partial charge in [0.15, 0.2) is 11.5 Å². The van der Waals surface area contributed by atoms with E-state index in [0.717, 1.165) is 23.3 Å². The molecule has 6 rings (SSSR count). The molecule has 0 unspecified atom stereocenters. The number of carbonyl (C=O) groups excluding carboxylic acids is 3. The Kier molecular flexibility index (Phi) is 7.47. The van der Waals surface area contributed by atoms with Crippen LogP contribution in [0.5, 0.6) is 11.5 Å². The number of piperidine rings is 1. The molecule has 1 saturated heterocycles. The number of halogens is 3. The molecule has 2 aliphatic carbocycles. The predicted molar refractivity (Wildman–Crippen MR) is 156 cm³/mol. The van der Waals surface area contributed by atoms with Crippen LogP contribution in [0.1, 0.15) is 55.4 Å². The maximum absolute atomic E-state index is 13.5. The van der Waals surface area contributed by atoms with E-state index in [2.05, 4.69) is 23.3 Å². The number of nitrogens with zero attached hydrogens (tertiary/aromatic N) is 2. The molecule has 2 aromatic rings. The molecule has 45 heavy (non-hydrogen) atoms. The van der Waals surface area contributed by atoms with Crippen molar-refractivity contribution in [3.05, 3.63) is 71.3 Å². The van der Waals surface area contributed by atoms with Gasteiger partial charge in [0, 0.05) is 51.0 Å². The van der Waals surface area contributed by atoms with Crippen molar-refractivity contribution < 1.29 is 41.8 Å². The Morgan fingerprint density at radius 2 is 1.87 bits per heavy atom. The molecule has 1 spiro atoms. The summed E-state index contributed by atoms with van der Waals surface area (Å²) >= 11 is 0. The van der Waals surface area contributed by atoms with E-state index in [1.807, 2.05) is 12.1 Å². The maximum atomic E-state index is 13.5. The van der Waals surface area contributed by atoms with Crippen LogP contribution in [-0.2, 0) is 37.1 Å². The average molecular weight is 623 g/mol.